The molecule has 0 aliphatic rings. The maximum absolute atomic E-state index is 11.6. The molecule has 0 bridgehead atoms. The van der Waals surface area contributed by atoms with Crippen molar-refractivity contribution >= 4 is 12.0 Å². The fraction of sp³-hybridized carbons (Fsp3) is 0.333. The second-order valence-electron chi connectivity index (χ2n) is 3.40. The van der Waals surface area contributed by atoms with Crippen LogP contribution in [-0.4, -0.2) is 16.8 Å². The second kappa shape index (κ2) is 5.89. The van der Waals surface area contributed by atoms with Crippen LogP contribution in [0.5, 0.6) is 0 Å². The van der Waals surface area contributed by atoms with Gasteiger partial charge in [0.1, 0.15) is 0 Å². The van der Waals surface area contributed by atoms with Crippen LogP contribution in [-0.2, 0) is 4.79 Å². The van der Waals surface area contributed by atoms with Crippen molar-refractivity contribution in [2.24, 2.45) is 0 Å². The fourth-order valence-electron chi connectivity index (χ4n) is 1.59. The zero-order valence-electron chi connectivity index (χ0n) is 8.76. The van der Waals surface area contributed by atoms with E-state index in [1.54, 1.807) is 0 Å². The van der Waals surface area contributed by atoms with Gasteiger partial charge in [-0.25, -0.2) is 0 Å². The molecule has 15 heavy (non-hydrogen) atoms. The largest absolute Gasteiger partial charge is 0.361 e. The standard InChI is InChI=1S/C12H14N2O/c1-2-6-11(12(15)9-14-13)10-7-4-3-5-8-10/h3-5,7-9,11H,2,6H2,1H3/t11-/m1/s1. The number of nitrogens with zero attached hydrogens (tertiary/aromatic N) is 2. The topological polar surface area (TPSA) is 53.5 Å². The molecule has 0 aliphatic carbocycles. The third-order valence-corrected chi connectivity index (χ3v) is 2.31. The summed E-state index contributed by atoms with van der Waals surface area (Å²) in [5, 5.41) is 0. The molecule has 3 nitrogen and oxygen atoms in total. The maximum Gasteiger partial charge on any atom is 0.323 e. The Balaban J connectivity index is 2.92. The highest BCUT2D eigenvalue weighted by atomic mass is 16.1. The van der Waals surface area contributed by atoms with Crippen molar-refractivity contribution in [2.75, 3.05) is 0 Å². The Morgan fingerprint density at radius 2 is 2.13 bits per heavy atom. The SMILES string of the molecule is CCC[C@@H](C(=O)C=[N+]=[N-])c1ccccc1. The van der Waals surface area contributed by atoms with E-state index in [0.717, 1.165) is 24.6 Å². The van der Waals surface area contributed by atoms with Crippen LogP contribution in [0.4, 0.5) is 0 Å². The van der Waals surface area contributed by atoms with Gasteiger partial charge < -0.3 is 5.53 Å². The Hall–Kier alpha value is -1.73. The molecule has 0 aliphatic heterocycles. The lowest BCUT2D eigenvalue weighted by molar-refractivity contribution is -0.117. The van der Waals surface area contributed by atoms with E-state index in [1.165, 1.54) is 0 Å². The summed E-state index contributed by atoms with van der Waals surface area (Å²) in [7, 11) is 0. The third kappa shape index (κ3) is 3.15. The van der Waals surface area contributed by atoms with Gasteiger partial charge in [-0.15, -0.1) is 0 Å². The zero-order valence-corrected chi connectivity index (χ0v) is 8.76. The number of hydrogen-bond acceptors (Lipinski definition) is 1. The molecule has 0 saturated carbocycles. The Bertz CT molecular complexity index is 366. The first-order valence-electron chi connectivity index (χ1n) is 5.05. The van der Waals surface area contributed by atoms with E-state index in [1.807, 2.05) is 37.3 Å². The summed E-state index contributed by atoms with van der Waals surface area (Å²) in [6, 6.07) is 9.56. The summed E-state index contributed by atoms with van der Waals surface area (Å²) in [5.41, 5.74) is 9.33. The molecule has 0 amide bonds. The summed E-state index contributed by atoms with van der Waals surface area (Å²) in [4.78, 5) is 14.4. The predicted molar refractivity (Wildman–Crippen MR) is 58.8 cm³/mol. The molecule has 0 saturated heterocycles. The van der Waals surface area contributed by atoms with Crippen molar-refractivity contribution < 1.29 is 9.58 Å². The normalized spacial score (nSPS) is 11.5. The van der Waals surface area contributed by atoms with Crippen LogP contribution in [0.2, 0.25) is 0 Å². The Labute approximate surface area is 89.4 Å². The number of carbonyl (C=O) groups excluding carboxylic acids is 1. The van der Waals surface area contributed by atoms with E-state index < -0.39 is 0 Å². The highest BCUT2D eigenvalue weighted by molar-refractivity contribution is 6.27. The summed E-state index contributed by atoms with van der Waals surface area (Å²) >= 11 is 0. The zero-order chi connectivity index (χ0) is 11.1. The monoisotopic (exact) mass is 202 g/mol. The van der Waals surface area contributed by atoms with Gasteiger partial charge >= 0.3 is 6.21 Å². The minimum Gasteiger partial charge on any atom is -0.361 e. The molecule has 0 unspecified atom stereocenters. The van der Waals surface area contributed by atoms with E-state index >= 15 is 0 Å². The van der Waals surface area contributed by atoms with Gasteiger partial charge in [-0.05, 0) is 12.0 Å². The summed E-state index contributed by atoms with van der Waals surface area (Å²) < 4.78 is 0. The number of ketones is 1. The van der Waals surface area contributed by atoms with E-state index in [4.69, 9.17) is 5.53 Å². The predicted octanol–water partition coefficient (Wildman–Crippen LogP) is 2.44. The molecular formula is C12H14N2O. The van der Waals surface area contributed by atoms with Crippen molar-refractivity contribution in [3.63, 3.8) is 0 Å². The fourth-order valence-corrected chi connectivity index (χ4v) is 1.59. The van der Waals surface area contributed by atoms with E-state index in [2.05, 4.69) is 4.79 Å². The van der Waals surface area contributed by atoms with Gasteiger partial charge in [-0.1, -0.05) is 43.7 Å². The van der Waals surface area contributed by atoms with Crippen LogP contribution in [0.25, 0.3) is 5.53 Å². The average Bonchev–Trinajstić information content (AvgIpc) is 2.27. The molecule has 0 aromatic heterocycles. The Morgan fingerprint density at radius 3 is 2.67 bits per heavy atom. The molecule has 1 rings (SSSR count). The van der Waals surface area contributed by atoms with Crippen LogP contribution in [0, 0.1) is 0 Å². The molecule has 0 heterocycles. The first-order valence-corrected chi connectivity index (χ1v) is 5.05. The average molecular weight is 202 g/mol. The summed E-state index contributed by atoms with van der Waals surface area (Å²) in [6.45, 7) is 2.03. The van der Waals surface area contributed by atoms with Gasteiger partial charge in [0.15, 0.2) is 0 Å². The molecular weight excluding hydrogens is 188 g/mol. The van der Waals surface area contributed by atoms with Gasteiger partial charge in [-0.2, -0.15) is 4.79 Å². The van der Waals surface area contributed by atoms with Crippen LogP contribution in [0.3, 0.4) is 0 Å². The highest BCUT2D eigenvalue weighted by Crippen LogP contribution is 2.21. The van der Waals surface area contributed by atoms with E-state index in [0.29, 0.717) is 0 Å². The maximum atomic E-state index is 11.6. The molecule has 3 heteroatoms. The number of rotatable bonds is 5. The quantitative estimate of drug-likeness (QED) is 0.411. The van der Waals surface area contributed by atoms with Gasteiger partial charge in [0.25, 0.3) is 0 Å². The molecule has 78 valence electrons. The number of Topliss-reactive ketones (excluding diaryl/α,β-unsaturated/α-hetero) is 1. The second-order valence-corrected chi connectivity index (χ2v) is 3.40. The molecule has 1 aromatic carbocycles. The molecule has 1 aromatic rings. The highest BCUT2D eigenvalue weighted by Gasteiger charge is 2.20. The van der Waals surface area contributed by atoms with Crippen molar-refractivity contribution in [3.05, 3.63) is 41.4 Å². The minimum atomic E-state index is -0.188. The van der Waals surface area contributed by atoms with Crippen LogP contribution in [0.1, 0.15) is 31.2 Å². The van der Waals surface area contributed by atoms with Gasteiger partial charge in [0.05, 0.1) is 5.92 Å². The van der Waals surface area contributed by atoms with E-state index in [-0.39, 0.29) is 11.7 Å². The first-order chi connectivity index (χ1) is 7.29. The Morgan fingerprint density at radius 1 is 1.47 bits per heavy atom. The Kier molecular flexibility index (Phi) is 4.45. The van der Waals surface area contributed by atoms with Gasteiger partial charge in [0.2, 0.25) is 5.78 Å². The third-order valence-electron chi connectivity index (χ3n) is 2.31. The molecule has 0 spiro atoms. The van der Waals surface area contributed by atoms with Crippen LogP contribution < -0.4 is 0 Å². The van der Waals surface area contributed by atoms with Crippen molar-refractivity contribution in [2.45, 2.75) is 25.7 Å². The molecule has 0 radical (unpaired) electrons. The molecule has 0 fully saturated rings. The number of hydrogen-bond donors (Lipinski definition) is 0. The molecule has 0 N–H and O–H groups in total. The summed E-state index contributed by atoms with van der Waals surface area (Å²) in [6.07, 6.45) is 2.67. The smallest absolute Gasteiger partial charge is 0.323 e. The lowest BCUT2D eigenvalue weighted by Gasteiger charge is -2.10. The minimum absolute atomic E-state index is 0.148. The van der Waals surface area contributed by atoms with Crippen LogP contribution in [0.15, 0.2) is 30.3 Å². The first kappa shape index (κ1) is 11.3. The lowest BCUT2D eigenvalue weighted by Crippen LogP contribution is -2.13. The van der Waals surface area contributed by atoms with Gasteiger partial charge in [-0.3, -0.25) is 4.79 Å². The summed E-state index contributed by atoms with van der Waals surface area (Å²) in [5.74, 6) is -0.336. The van der Waals surface area contributed by atoms with Crippen LogP contribution >= 0.6 is 0 Å². The number of carbonyl (C=O) groups is 1. The van der Waals surface area contributed by atoms with Crippen molar-refractivity contribution in [1.29, 1.82) is 0 Å². The van der Waals surface area contributed by atoms with Gasteiger partial charge in [0, 0.05) is 0 Å². The van der Waals surface area contributed by atoms with Crippen molar-refractivity contribution in [1.82, 2.24) is 0 Å². The molecule has 1 atom stereocenters. The van der Waals surface area contributed by atoms with Crippen molar-refractivity contribution in [3.8, 4) is 0 Å². The number of benzene rings is 1. The lowest BCUT2D eigenvalue weighted by atomic mass is 9.91. The van der Waals surface area contributed by atoms with E-state index in [9.17, 15) is 4.79 Å².